The Balaban J connectivity index is 2.12. The summed E-state index contributed by atoms with van der Waals surface area (Å²) in [6, 6.07) is 12.9. The summed E-state index contributed by atoms with van der Waals surface area (Å²) < 4.78 is 17.2. The van der Waals surface area contributed by atoms with Crippen LogP contribution in [0.2, 0.25) is 0 Å². The highest BCUT2D eigenvalue weighted by atomic mass is 16.5. The van der Waals surface area contributed by atoms with Crippen molar-refractivity contribution in [3.8, 4) is 17.2 Å². The topological polar surface area (TPSA) is 44.8 Å². The molecule has 4 heteroatoms. The van der Waals surface area contributed by atoms with E-state index in [0.29, 0.717) is 25.4 Å². The van der Waals surface area contributed by atoms with Crippen molar-refractivity contribution in [2.24, 2.45) is 0 Å². The molecule has 0 saturated carbocycles. The Morgan fingerprint density at radius 3 is 2.14 bits per heavy atom. The maximum atomic E-state index is 12.5. The standard InChI is InChI=1S/C25H32O4/c1-4-7-17-28-23-15-11-21(25(19-23)29-18-8-5-2)12-16-24(26)20-9-13-22(14-10-20)27-6-3/h9-16,19H,4-8,17-18H2,1-3H3/b16-12+. The Hall–Kier alpha value is -2.75. The van der Waals surface area contributed by atoms with Crippen LogP contribution in [-0.4, -0.2) is 25.6 Å². The van der Waals surface area contributed by atoms with Crippen LogP contribution in [0.5, 0.6) is 17.2 Å². The van der Waals surface area contributed by atoms with Crippen molar-refractivity contribution in [2.75, 3.05) is 19.8 Å². The molecule has 2 rings (SSSR count). The number of carbonyl (C=O) groups is 1. The third kappa shape index (κ3) is 7.65. The Kier molecular flexibility index (Phi) is 9.84. The second kappa shape index (κ2) is 12.7. The molecule has 0 aliphatic rings. The van der Waals surface area contributed by atoms with Crippen molar-refractivity contribution in [3.05, 3.63) is 59.7 Å². The first-order valence-electron chi connectivity index (χ1n) is 10.5. The predicted octanol–water partition coefficient (Wildman–Crippen LogP) is 6.34. The Morgan fingerprint density at radius 1 is 0.828 bits per heavy atom. The van der Waals surface area contributed by atoms with Gasteiger partial charge in [0, 0.05) is 17.2 Å². The van der Waals surface area contributed by atoms with Gasteiger partial charge in [-0.3, -0.25) is 4.79 Å². The van der Waals surface area contributed by atoms with Gasteiger partial charge in [-0.05, 0) is 68.3 Å². The lowest BCUT2D eigenvalue weighted by molar-refractivity contribution is 0.104. The highest BCUT2D eigenvalue weighted by Gasteiger charge is 2.07. The Morgan fingerprint density at radius 2 is 1.48 bits per heavy atom. The van der Waals surface area contributed by atoms with Gasteiger partial charge in [0.1, 0.15) is 17.2 Å². The molecule has 2 aromatic carbocycles. The fraction of sp³-hybridized carbons (Fsp3) is 0.400. The summed E-state index contributed by atoms with van der Waals surface area (Å²) in [5.41, 5.74) is 1.49. The summed E-state index contributed by atoms with van der Waals surface area (Å²) in [7, 11) is 0. The quantitative estimate of drug-likeness (QED) is 0.225. The molecule has 0 aliphatic carbocycles. The van der Waals surface area contributed by atoms with Gasteiger partial charge < -0.3 is 14.2 Å². The number of carbonyl (C=O) groups excluding carboxylic acids is 1. The number of unbranched alkanes of at least 4 members (excludes halogenated alkanes) is 2. The van der Waals surface area contributed by atoms with E-state index in [1.807, 2.05) is 37.3 Å². The average molecular weight is 397 g/mol. The molecule has 0 unspecified atom stereocenters. The monoisotopic (exact) mass is 396 g/mol. The molecule has 4 nitrogen and oxygen atoms in total. The summed E-state index contributed by atoms with van der Waals surface area (Å²) in [6.45, 7) is 8.13. The predicted molar refractivity (Wildman–Crippen MR) is 118 cm³/mol. The third-order valence-electron chi connectivity index (χ3n) is 4.37. The zero-order valence-corrected chi connectivity index (χ0v) is 17.8. The first-order valence-corrected chi connectivity index (χ1v) is 10.5. The van der Waals surface area contributed by atoms with Crippen LogP contribution in [0.1, 0.15) is 62.4 Å². The van der Waals surface area contributed by atoms with Gasteiger partial charge >= 0.3 is 0 Å². The zero-order valence-electron chi connectivity index (χ0n) is 17.8. The van der Waals surface area contributed by atoms with Gasteiger partial charge in [-0.25, -0.2) is 0 Å². The lowest BCUT2D eigenvalue weighted by atomic mass is 10.1. The molecule has 29 heavy (non-hydrogen) atoms. The summed E-state index contributed by atoms with van der Waals surface area (Å²) in [6.07, 6.45) is 7.53. The van der Waals surface area contributed by atoms with Crippen LogP contribution >= 0.6 is 0 Å². The van der Waals surface area contributed by atoms with E-state index in [1.165, 1.54) is 0 Å². The number of benzene rings is 2. The fourth-order valence-corrected chi connectivity index (χ4v) is 2.67. The smallest absolute Gasteiger partial charge is 0.185 e. The van der Waals surface area contributed by atoms with Gasteiger partial charge in [0.15, 0.2) is 5.78 Å². The number of ether oxygens (including phenoxy) is 3. The molecule has 0 N–H and O–H groups in total. The molecule has 0 saturated heterocycles. The minimum absolute atomic E-state index is 0.0594. The lowest BCUT2D eigenvalue weighted by Gasteiger charge is -2.12. The van der Waals surface area contributed by atoms with Crippen molar-refractivity contribution in [1.82, 2.24) is 0 Å². The summed E-state index contributed by atoms with van der Waals surface area (Å²) >= 11 is 0. The molecule has 2 aromatic rings. The summed E-state index contributed by atoms with van der Waals surface area (Å²) in [4.78, 5) is 12.5. The van der Waals surface area contributed by atoms with E-state index < -0.39 is 0 Å². The van der Waals surface area contributed by atoms with Crippen molar-refractivity contribution < 1.29 is 19.0 Å². The fourth-order valence-electron chi connectivity index (χ4n) is 2.67. The molecule has 0 atom stereocenters. The van der Waals surface area contributed by atoms with Crippen LogP contribution in [0.4, 0.5) is 0 Å². The minimum atomic E-state index is -0.0594. The van der Waals surface area contributed by atoms with E-state index in [4.69, 9.17) is 14.2 Å². The van der Waals surface area contributed by atoms with Gasteiger partial charge in [0.2, 0.25) is 0 Å². The second-order valence-electron chi connectivity index (χ2n) is 6.76. The third-order valence-corrected chi connectivity index (χ3v) is 4.37. The van der Waals surface area contributed by atoms with Gasteiger partial charge in [-0.1, -0.05) is 26.7 Å². The van der Waals surface area contributed by atoms with Crippen molar-refractivity contribution in [1.29, 1.82) is 0 Å². The molecule has 0 bridgehead atoms. The molecule has 0 radical (unpaired) electrons. The van der Waals surface area contributed by atoms with Crippen molar-refractivity contribution >= 4 is 11.9 Å². The van der Waals surface area contributed by atoms with Gasteiger partial charge in [0.25, 0.3) is 0 Å². The normalized spacial score (nSPS) is 10.9. The van der Waals surface area contributed by atoms with E-state index in [-0.39, 0.29) is 5.78 Å². The van der Waals surface area contributed by atoms with E-state index in [2.05, 4.69) is 13.8 Å². The van der Waals surface area contributed by atoms with Crippen LogP contribution < -0.4 is 14.2 Å². The second-order valence-corrected chi connectivity index (χ2v) is 6.76. The molecule has 156 valence electrons. The summed E-state index contributed by atoms with van der Waals surface area (Å²) in [5.74, 6) is 2.23. The Labute approximate surface area is 174 Å². The first-order chi connectivity index (χ1) is 14.2. The number of allylic oxidation sites excluding steroid dienone is 1. The lowest BCUT2D eigenvalue weighted by Crippen LogP contribution is -2.01. The van der Waals surface area contributed by atoms with E-state index in [1.54, 1.807) is 24.3 Å². The van der Waals surface area contributed by atoms with Crippen molar-refractivity contribution in [2.45, 2.75) is 46.5 Å². The molecule has 0 heterocycles. The number of hydrogen-bond acceptors (Lipinski definition) is 4. The van der Waals surface area contributed by atoms with Gasteiger partial charge in [-0.2, -0.15) is 0 Å². The number of hydrogen-bond donors (Lipinski definition) is 0. The van der Waals surface area contributed by atoms with Crippen LogP contribution in [0, 0.1) is 0 Å². The van der Waals surface area contributed by atoms with E-state index in [0.717, 1.165) is 48.5 Å². The highest BCUT2D eigenvalue weighted by Crippen LogP contribution is 2.27. The van der Waals surface area contributed by atoms with Crippen LogP contribution in [0.15, 0.2) is 48.5 Å². The molecule has 0 spiro atoms. The van der Waals surface area contributed by atoms with Crippen LogP contribution in [-0.2, 0) is 0 Å². The molecular formula is C25H32O4. The maximum Gasteiger partial charge on any atom is 0.185 e. The van der Waals surface area contributed by atoms with Crippen LogP contribution in [0.3, 0.4) is 0 Å². The minimum Gasteiger partial charge on any atom is -0.494 e. The number of ketones is 1. The van der Waals surface area contributed by atoms with E-state index >= 15 is 0 Å². The Bertz CT molecular complexity index is 778. The molecule has 0 aliphatic heterocycles. The highest BCUT2D eigenvalue weighted by molar-refractivity contribution is 6.07. The van der Waals surface area contributed by atoms with Gasteiger partial charge in [-0.15, -0.1) is 0 Å². The SMILES string of the molecule is CCCCOc1ccc(/C=C/C(=O)c2ccc(OCC)cc2)c(OCCCC)c1. The molecule has 0 aromatic heterocycles. The number of rotatable bonds is 13. The zero-order chi connectivity index (χ0) is 20.9. The van der Waals surface area contributed by atoms with E-state index in [9.17, 15) is 4.79 Å². The molecular weight excluding hydrogens is 364 g/mol. The summed E-state index contributed by atoms with van der Waals surface area (Å²) in [5, 5.41) is 0. The largest absolute Gasteiger partial charge is 0.494 e. The first kappa shape index (κ1) is 22.5. The maximum absolute atomic E-state index is 12.5. The average Bonchev–Trinajstić information content (AvgIpc) is 2.74. The van der Waals surface area contributed by atoms with Gasteiger partial charge in [0.05, 0.1) is 19.8 Å². The molecule has 0 amide bonds. The van der Waals surface area contributed by atoms with Crippen molar-refractivity contribution in [3.63, 3.8) is 0 Å². The van der Waals surface area contributed by atoms with Crippen LogP contribution in [0.25, 0.3) is 6.08 Å². The molecule has 0 fully saturated rings.